The van der Waals surface area contributed by atoms with Crippen LogP contribution in [0.3, 0.4) is 0 Å². The number of hydrogen-bond donors (Lipinski definition) is 1. The van der Waals surface area contributed by atoms with Gasteiger partial charge in [0.15, 0.2) is 0 Å². The number of aliphatic imine (C=N–C) groups is 1. The molecule has 0 aliphatic carbocycles. The summed E-state index contributed by atoms with van der Waals surface area (Å²) in [5.41, 5.74) is 5.44. The molecule has 39 heavy (non-hydrogen) atoms. The molecule has 4 heterocycles. The second-order valence-corrected chi connectivity index (χ2v) is 9.16. The molecule has 0 saturated carbocycles. The van der Waals surface area contributed by atoms with E-state index in [2.05, 4.69) is 15.3 Å². The Morgan fingerprint density at radius 1 is 0.923 bits per heavy atom. The van der Waals surface area contributed by atoms with Gasteiger partial charge in [-0.2, -0.15) is 0 Å². The molecule has 0 spiro atoms. The number of carbonyl (C=O) groups is 3. The Labute approximate surface area is 224 Å². The maximum absolute atomic E-state index is 13.7. The minimum atomic E-state index is -1.12. The Morgan fingerprint density at radius 3 is 2.33 bits per heavy atom. The van der Waals surface area contributed by atoms with Crippen molar-refractivity contribution in [1.82, 2.24) is 15.3 Å². The van der Waals surface area contributed by atoms with Crippen molar-refractivity contribution >= 4 is 29.2 Å². The van der Waals surface area contributed by atoms with E-state index in [1.54, 1.807) is 29.2 Å². The molecular weight excluding hydrogens is 494 g/mol. The van der Waals surface area contributed by atoms with Crippen molar-refractivity contribution in [2.75, 3.05) is 11.4 Å². The fraction of sp³-hybridized carbons (Fsp3) is 0.133. The molecule has 2 amide bonds. The number of carbonyl (C=O) groups excluding carboxylic acids is 3. The monoisotopic (exact) mass is 517 g/mol. The predicted molar refractivity (Wildman–Crippen MR) is 143 cm³/mol. The molecule has 6 rings (SSSR count). The number of benzene rings is 2. The second kappa shape index (κ2) is 10.3. The third-order valence-electron chi connectivity index (χ3n) is 6.68. The molecule has 4 aromatic rings. The lowest BCUT2D eigenvalue weighted by molar-refractivity contribution is -0.120. The summed E-state index contributed by atoms with van der Waals surface area (Å²) < 4.78 is 5.59. The number of hydrogen-bond acceptors (Lipinski definition) is 7. The molecule has 2 aliphatic rings. The van der Waals surface area contributed by atoms with Crippen LogP contribution in [0.25, 0.3) is 0 Å². The number of nitrogens with one attached hydrogen (secondary N) is 1. The van der Waals surface area contributed by atoms with Crippen LogP contribution in [0.15, 0.2) is 96.5 Å². The number of esters is 1. The number of nitrogens with zero attached hydrogens (tertiary/aromatic N) is 4. The summed E-state index contributed by atoms with van der Waals surface area (Å²) >= 11 is 0. The molecule has 0 saturated heterocycles. The largest absolute Gasteiger partial charge is 0.457 e. The summed E-state index contributed by atoms with van der Waals surface area (Å²) in [5.74, 6) is -1.17. The number of rotatable bonds is 6. The highest BCUT2D eigenvalue weighted by Gasteiger charge is 2.37. The molecule has 0 bridgehead atoms. The van der Waals surface area contributed by atoms with Gasteiger partial charge < -0.3 is 15.0 Å². The molecule has 9 heteroatoms. The van der Waals surface area contributed by atoms with Gasteiger partial charge in [0.25, 0.3) is 11.8 Å². The molecule has 2 aliphatic heterocycles. The van der Waals surface area contributed by atoms with Crippen molar-refractivity contribution in [2.45, 2.75) is 19.2 Å². The van der Waals surface area contributed by atoms with Gasteiger partial charge in [-0.25, -0.2) is 9.79 Å². The van der Waals surface area contributed by atoms with Gasteiger partial charge in [0.05, 0.1) is 17.0 Å². The van der Waals surface area contributed by atoms with Crippen LogP contribution in [0.4, 0.5) is 5.69 Å². The second-order valence-electron chi connectivity index (χ2n) is 9.16. The highest BCUT2D eigenvalue weighted by atomic mass is 16.5. The first-order valence-corrected chi connectivity index (χ1v) is 12.5. The normalized spacial score (nSPS) is 15.7. The van der Waals surface area contributed by atoms with E-state index in [9.17, 15) is 14.4 Å². The third kappa shape index (κ3) is 4.77. The maximum atomic E-state index is 13.7. The molecular formula is C30H23N5O4. The summed E-state index contributed by atoms with van der Waals surface area (Å²) in [4.78, 5) is 53.6. The van der Waals surface area contributed by atoms with Gasteiger partial charge in [-0.15, -0.1) is 0 Å². The van der Waals surface area contributed by atoms with Crippen molar-refractivity contribution < 1.29 is 19.1 Å². The lowest BCUT2D eigenvalue weighted by Gasteiger charge is -2.21. The standard InChI is InChI=1S/C30H23N5O4/c36-28(21-6-11-31-12-7-21)34-27-29(37)35-15-10-23-16-19(18-39-30(38)22-8-13-32-14-9-22)17-24(26(23)35)25(33-27)20-4-2-1-3-5-20/h1-9,11-14,16-17,27H,10,15,18H2,(H,34,36). The number of pyridine rings is 2. The van der Waals surface area contributed by atoms with Crippen LogP contribution in [0.1, 0.15) is 43.0 Å². The molecule has 9 nitrogen and oxygen atoms in total. The zero-order chi connectivity index (χ0) is 26.8. The van der Waals surface area contributed by atoms with Gasteiger partial charge in [0, 0.05) is 48.0 Å². The Bertz CT molecular complexity index is 1590. The first kappa shape index (κ1) is 24.2. The van der Waals surface area contributed by atoms with E-state index < -0.39 is 18.0 Å². The SMILES string of the molecule is O=C(NC1N=C(c2ccccc2)c2cc(COC(=O)c3ccncc3)cc3c2N(CC3)C1=O)c1ccncc1. The molecule has 1 atom stereocenters. The van der Waals surface area contributed by atoms with E-state index in [0.29, 0.717) is 29.8 Å². The van der Waals surface area contributed by atoms with Crippen LogP contribution in [0.2, 0.25) is 0 Å². The number of anilines is 1. The van der Waals surface area contributed by atoms with Crippen LogP contribution in [0, 0.1) is 0 Å². The van der Waals surface area contributed by atoms with Gasteiger partial charge in [-0.05, 0) is 47.9 Å². The lowest BCUT2D eigenvalue weighted by Crippen LogP contribution is -2.46. The molecule has 2 aromatic heterocycles. The Hall–Kier alpha value is -5.18. The van der Waals surface area contributed by atoms with Gasteiger partial charge in [0.1, 0.15) is 6.61 Å². The summed E-state index contributed by atoms with van der Waals surface area (Å²) in [7, 11) is 0. The molecule has 0 fully saturated rings. The van der Waals surface area contributed by atoms with Crippen molar-refractivity contribution in [1.29, 1.82) is 0 Å². The number of aromatic nitrogens is 2. The van der Waals surface area contributed by atoms with E-state index in [-0.39, 0.29) is 12.5 Å². The maximum Gasteiger partial charge on any atom is 0.338 e. The van der Waals surface area contributed by atoms with E-state index in [0.717, 1.165) is 27.9 Å². The van der Waals surface area contributed by atoms with Crippen LogP contribution in [-0.2, 0) is 22.6 Å². The zero-order valence-corrected chi connectivity index (χ0v) is 20.8. The summed E-state index contributed by atoms with van der Waals surface area (Å²) in [6, 6.07) is 19.8. The first-order valence-electron chi connectivity index (χ1n) is 12.5. The summed E-state index contributed by atoms with van der Waals surface area (Å²) in [5, 5.41) is 2.80. The predicted octanol–water partition coefficient (Wildman–Crippen LogP) is 3.33. The van der Waals surface area contributed by atoms with Gasteiger partial charge in [-0.3, -0.25) is 19.6 Å². The Balaban J connectivity index is 1.38. The van der Waals surface area contributed by atoms with Gasteiger partial charge in [-0.1, -0.05) is 36.4 Å². The lowest BCUT2D eigenvalue weighted by atomic mass is 9.95. The smallest absolute Gasteiger partial charge is 0.338 e. The first-order chi connectivity index (χ1) is 19.1. The van der Waals surface area contributed by atoms with Crippen LogP contribution >= 0.6 is 0 Å². The average Bonchev–Trinajstić information content (AvgIpc) is 3.38. The van der Waals surface area contributed by atoms with Crippen LogP contribution < -0.4 is 10.2 Å². The van der Waals surface area contributed by atoms with Crippen molar-refractivity contribution in [2.24, 2.45) is 4.99 Å². The molecule has 192 valence electrons. The summed E-state index contributed by atoms with van der Waals surface area (Å²) in [6.07, 6.45) is 5.64. The van der Waals surface area contributed by atoms with Gasteiger partial charge in [0.2, 0.25) is 6.17 Å². The fourth-order valence-electron chi connectivity index (χ4n) is 4.85. The Kier molecular flexibility index (Phi) is 6.38. The average molecular weight is 518 g/mol. The molecule has 1 N–H and O–H groups in total. The fourth-order valence-corrected chi connectivity index (χ4v) is 4.85. The molecule has 2 aromatic carbocycles. The van der Waals surface area contributed by atoms with E-state index in [4.69, 9.17) is 9.73 Å². The van der Waals surface area contributed by atoms with Crippen molar-refractivity contribution in [3.05, 3.63) is 125 Å². The minimum Gasteiger partial charge on any atom is -0.457 e. The summed E-state index contributed by atoms with van der Waals surface area (Å²) in [6.45, 7) is 0.514. The van der Waals surface area contributed by atoms with Crippen molar-refractivity contribution in [3.8, 4) is 0 Å². The van der Waals surface area contributed by atoms with E-state index in [1.807, 2.05) is 42.5 Å². The quantitative estimate of drug-likeness (QED) is 0.393. The minimum absolute atomic E-state index is 0.0552. The number of amides is 2. The number of ether oxygens (including phenoxy) is 1. The molecule has 1 unspecified atom stereocenters. The zero-order valence-electron chi connectivity index (χ0n) is 20.8. The van der Waals surface area contributed by atoms with Crippen molar-refractivity contribution in [3.63, 3.8) is 0 Å². The molecule has 0 radical (unpaired) electrons. The highest BCUT2D eigenvalue weighted by molar-refractivity contribution is 6.21. The van der Waals surface area contributed by atoms with Crippen LogP contribution in [-0.4, -0.2) is 46.2 Å². The topological polar surface area (TPSA) is 114 Å². The van der Waals surface area contributed by atoms with E-state index in [1.165, 1.54) is 24.8 Å². The van der Waals surface area contributed by atoms with Crippen LogP contribution in [0.5, 0.6) is 0 Å². The third-order valence-corrected chi connectivity index (χ3v) is 6.68. The van der Waals surface area contributed by atoms with Gasteiger partial charge >= 0.3 is 5.97 Å². The highest BCUT2D eigenvalue weighted by Crippen LogP contribution is 2.37. The van der Waals surface area contributed by atoms with E-state index >= 15 is 0 Å². The Morgan fingerprint density at radius 2 is 1.62 bits per heavy atom.